The van der Waals surface area contributed by atoms with Gasteiger partial charge in [-0.3, -0.25) is 9.59 Å². The summed E-state index contributed by atoms with van der Waals surface area (Å²) >= 11 is 0. The van der Waals surface area contributed by atoms with Crippen LogP contribution in [0.4, 0.5) is 5.69 Å². The first kappa shape index (κ1) is 15.6. The maximum absolute atomic E-state index is 12.1. The molecule has 1 aromatic rings. The highest BCUT2D eigenvalue weighted by Gasteiger charge is 2.25. The molecule has 0 radical (unpaired) electrons. The Morgan fingerprint density at radius 3 is 2.57 bits per heavy atom. The summed E-state index contributed by atoms with van der Waals surface area (Å²) in [7, 11) is 0. The van der Waals surface area contributed by atoms with Gasteiger partial charge in [-0.25, -0.2) is 0 Å². The number of rotatable bonds is 2. The molecule has 0 bridgehead atoms. The third-order valence-corrected chi connectivity index (χ3v) is 4.43. The van der Waals surface area contributed by atoms with Crippen LogP contribution in [0.15, 0.2) is 18.2 Å². The summed E-state index contributed by atoms with van der Waals surface area (Å²) in [6.45, 7) is 3.11. The van der Waals surface area contributed by atoms with Gasteiger partial charge in [0.05, 0.1) is 0 Å². The number of hydrogen-bond donors (Lipinski definition) is 2. The molecule has 1 heterocycles. The van der Waals surface area contributed by atoms with E-state index in [-0.39, 0.29) is 6.04 Å². The lowest BCUT2D eigenvalue weighted by Crippen LogP contribution is -2.45. The summed E-state index contributed by atoms with van der Waals surface area (Å²) < 4.78 is 10.9. The van der Waals surface area contributed by atoms with Crippen LogP contribution in [0.3, 0.4) is 0 Å². The van der Waals surface area contributed by atoms with E-state index in [9.17, 15) is 9.59 Å². The van der Waals surface area contributed by atoms with Crippen molar-refractivity contribution in [2.75, 3.05) is 18.5 Å². The van der Waals surface area contributed by atoms with Gasteiger partial charge in [0.2, 0.25) is 0 Å². The number of benzene rings is 1. The van der Waals surface area contributed by atoms with Gasteiger partial charge in [-0.15, -0.1) is 0 Å². The summed E-state index contributed by atoms with van der Waals surface area (Å²) in [5.41, 5.74) is 0.520. The van der Waals surface area contributed by atoms with Crippen LogP contribution < -0.4 is 20.1 Å². The molecule has 2 atom stereocenters. The van der Waals surface area contributed by atoms with Crippen molar-refractivity contribution in [1.82, 2.24) is 5.32 Å². The van der Waals surface area contributed by atoms with E-state index in [2.05, 4.69) is 17.6 Å². The minimum Gasteiger partial charge on any atom is -0.486 e. The molecule has 1 aliphatic carbocycles. The van der Waals surface area contributed by atoms with Crippen LogP contribution in [0.1, 0.15) is 32.6 Å². The van der Waals surface area contributed by atoms with E-state index in [1.165, 1.54) is 6.42 Å². The van der Waals surface area contributed by atoms with E-state index in [0.29, 0.717) is 36.3 Å². The van der Waals surface area contributed by atoms with Crippen LogP contribution in [-0.2, 0) is 9.59 Å². The third-order valence-electron chi connectivity index (χ3n) is 4.43. The molecule has 6 heteroatoms. The van der Waals surface area contributed by atoms with E-state index in [4.69, 9.17) is 9.47 Å². The second-order valence-electron chi connectivity index (χ2n) is 6.15. The predicted octanol–water partition coefficient (Wildman–Crippen LogP) is 2.09. The molecule has 2 N–H and O–H groups in total. The van der Waals surface area contributed by atoms with E-state index < -0.39 is 11.8 Å². The van der Waals surface area contributed by atoms with Gasteiger partial charge in [0.25, 0.3) is 0 Å². The van der Waals surface area contributed by atoms with E-state index in [1.54, 1.807) is 18.2 Å². The monoisotopic (exact) mass is 318 g/mol. The van der Waals surface area contributed by atoms with Crippen molar-refractivity contribution in [3.8, 4) is 11.5 Å². The van der Waals surface area contributed by atoms with Gasteiger partial charge in [-0.05, 0) is 30.9 Å². The molecule has 2 aliphatic rings. The topological polar surface area (TPSA) is 76.7 Å². The molecule has 23 heavy (non-hydrogen) atoms. The second-order valence-corrected chi connectivity index (χ2v) is 6.15. The van der Waals surface area contributed by atoms with Crippen molar-refractivity contribution in [3.63, 3.8) is 0 Å². The van der Waals surface area contributed by atoms with E-state index in [1.807, 2.05) is 0 Å². The number of amides is 2. The largest absolute Gasteiger partial charge is 0.486 e. The Labute approximate surface area is 135 Å². The fraction of sp³-hybridized carbons (Fsp3) is 0.529. The van der Waals surface area contributed by atoms with Crippen LogP contribution in [0, 0.1) is 5.92 Å². The lowest BCUT2D eigenvalue weighted by Gasteiger charge is -2.29. The average Bonchev–Trinajstić information content (AvgIpc) is 2.56. The normalized spacial score (nSPS) is 23.0. The lowest BCUT2D eigenvalue weighted by molar-refractivity contribution is -0.137. The van der Waals surface area contributed by atoms with E-state index >= 15 is 0 Å². The van der Waals surface area contributed by atoms with Crippen molar-refractivity contribution < 1.29 is 19.1 Å². The summed E-state index contributed by atoms with van der Waals surface area (Å²) in [5, 5.41) is 5.45. The van der Waals surface area contributed by atoms with Crippen molar-refractivity contribution in [2.24, 2.45) is 5.92 Å². The SMILES string of the molecule is C[C@H]1CCCC[C@H]1NC(=O)C(=O)Nc1ccc2c(c1)OCCO2. The number of carbonyl (C=O) groups excluding carboxylic acids is 2. The van der Waals surface area contributed by atoms with Gasteiger partial charge < -0.3 is 20.1 Å². The minimum absolute atomic E-state index is 0.0854. The number of anilines is 1. The zero-order valence-corrected chi connectivity index (χ0v) is 13.3. The predicted molar refractivity (Wildman–Crippen MR) is 85.6 cm³/mol. The first-order valence-corrected chi connectivity index (χ1v) is 8.15. The average molecular weight is 318 g/mol. The maximum Gasteiger partial charge on any atom is 0.313 e. The first-order valence-electron chi connectivity index (χ1n) is 8.15. The molecule has 124 valence electrons. The van der Waals surface area contributed by atoms with Crippen LogP contribution in [0.25, 0.3) is 0 Å². The zero-order valence-electron chi connectivity index (χ0n) is 13.3. The number of fused-ring (bicyclic) bond motifs is 1. The molecule has 1 fully saturated rings. The molecular weight excluding hydrogens is 296 g/mol. The van der Waals surface area contributed by atoms with E-state index in [0.717, 1.165) is 19.3 Å². The third kappa shape index (κ3) is 3.75. The Bertz CT molecular complexity index is 602. The molecule has 1 aliphatic heterocycles. The molecule has 0 unspecified atom stereocenters. The van der Waals surface area contributed by atoms with Gasteiger partial charge in [0.1, 0.15) is 13.2 Å². The Balaban J connectivity index is 1.58. The highest BCUT2D eigenvalue weighted by Crippen LogP contribution is 2.32. The van der Waals surface area contributed by atoms with Gasteiger partial charge >= 0.3 is 11.8 Å². The lowest BCUT2D eigenvalue weighted by atomic mass is 9.86. The minimum atomic E-state index is -0.653. The van der Waals surface area contributed by atoms with Crippen molar-refractivity contribution in [3.05, 3.63) is 18.2 Å². The Morgan fingerprint density at radius 1 is 1.04 bits per heavy atom. The molecule has 0 aromatic heterocycles. The van der Waals surface area contributed by atoms with Crippen LogP contribution >= 0.6 is 0 Å². The summed E-state index contributed by atoms with van der Waals surface area (Å²) in [5.74, 6) is 0.401. The fourth-order valence-corrected chi connectivity index (χ4v) is 3.07. The smallest absolute Gasteiger partial charge is 0.313 e. The Hall–Kier alpha value is -2.24. The molecule has 3 rings (SSSR count). The summed E-state index contributed by atoms with van der Waals surface area (Å²) in [6.07, 6.45) is 4.31. The number of ether oxygens (including phenoxy) is 2. The molecule has 0 spiro atoms. The number of nitrogens with one attached hydrogen (secondary N) is 2. The summed E-state index contributed by atoms with van der Waals surface area (Å²) in [4.78, 5) is 24.1. The maximum atomic E-state index is 12.1. The number of carbonyl (C=O) groups is 2. The van der Waals surface area contributed by atoms with Crippen LogP contribution in [-0.4, -0.2) is 31.1 Å². The Kier molecular flexibility index (Phi) is 4.69. The van der Waals surface area contributed by atoms with Crippen LogP contribution in [0.2, 0.25) is 0 Å². The van der Waals surface area contributed by atoms with Gasteiger partial charge in [-0.2, -0.15) is 0 Å². The molecular formula is C17H22N2O4. The molecule has 6 nitrogen and oxygen atoms in total. The van der Waals surface area contributed by atoms with Crippen molar-refractivity contribution in [2.45, 2.75) is 38.6 Å². The first-order chi connectivity index (χ1) is 11.1. The molecule has 0 saturated heterocycles. The van der Waals surface area contributed by atoms with Crippen molar-refractivity contribution >= 4 is 17.5 Å². The molecule has 1 saturated carbocycles. The Morgan fingerprint density at radius 2 is 1.78 bits per heavy atom. The second kappa shape index (κ2) is 6.89. The molecule has 2 amide bonds. The standard InChI is InChI=1S/C17H22N2O4/c1-11-4-2-3-5-13(11)19-17(21)16(20)18-12-6-7-14-15(10-12)23-9-8-22-14/h6-7,10-11,13H,2-5,8-9H2,1H3,(H,18,20)(H,19,21)/t11-,13+/m0/s1. The van der Waals surface area contributed by atoms with Crippen LogP contribution in [0.5, 0.6) is 11.5 Å². The molecule has 1 aromatic carbocycles. The highest BCUT2D eigenvalue weighted by atomic mass is 16.6. The van der Waals surface area contributed by atoms with Crippen molar-refractivity contribution in [1.29, 1.82) is 0 Å². The highest BCUT2D eigenvalue weighted by molar-refractivity contribution is 6.39. The van der Waals surface area contributed by atoms with Gasteiger partial charge in [-0.1, -0.05) is 19.8 Å². The summed E-state index contributed by atoms with van der Waals surface area (Å²) in [6, 6.07) is 5.18. The fourth-order valence-electron chi connectivity index (χ4n) is 3.07. The zero-order chi connectivity index (χ0) is 16.2. The quantitative estimate of drug-likeness (QED) is 0.819. The van der Waals surface area contributed by atoms with Gasteiger partial charge in [0, 0.05) is 17.8 Å². The van der Waals surface area contributed by atoms with Gasteiger partial charge in [0.15, 0.2) is 11.5 Å². The number of hydrogen-bond acceptors (Lipinski definition) is 4.